The average molecular weight is 787 g/mol. The molecule has 3 aliphatic heterocycles. The van der Waals surface area contributed by atoms with Crippen molar-refractivity contribution < 1.29 is 58.2 Å². The van der Waals surface area contributed by atoms with Gasteiger partial charge >= 0.3 is 11.8 Å². The molecule has 0 saturated heterocycles. The molecular weight excluding hydrogens is 740 g/mol. The molecule has 15 nitrogen and oxygen atoms in total. The van der Waals surface area contributed by atoms with Gasteiger partial charge in [0.05, 0.1) is 35.5 Å². The molecule has 3 heterocycles. The van der Waals surface area contributed by atoms with Crippen molar-refractivity contribution in [1.29, 1.82) is 0 Å². The Bertz CT molecular complexity index is 2400. The molecule has 2 aromatic rings. The third kappa shape index (κ3) is 7.45. The summed E-state index contributed by atoms with van der Waals surface area (Å²) in [4.78, 5) is 59.5. The molecule has 15 heteroatoms. The summed E-state index contributed by atoms with van der Waals surface area (Å²) in [6, 6.07) is 4.11. The third-order valence-corrected chi connectivity index (χ3v) is 10.9. The summed E-state index contributed by atoms with van der Waals surface area (Å²) in [5.41, 5.74) is -1.00. The highest BCUT2D eigenvalue weighted by molar-refractivity contribution is 6.22. The summed E-state index contributed by atoms with van der Waals surface area (Å²) in [6.07, 6.45) is 3.45. The Hall–Kier alpha value is -5.77. The van der Waals surface area contributed by atoms with Gasteiger partial charge in [-0.1, -0.05) is 39.0 Å². The molecule has 6 rings (SSSR count). The fourth-order valence-electron chi connectivity index (χ4n) is 7.35. The summed E-state index contributed by atoms with van der Waals surface area (Å²) < 4.78 is 29.7. The Labute approximate surface area is 327 Å². The lowest BCUT2D eigenvalue weighted by atomic mass is 9.83. The van der Waals surface area contributed by atoms with Crippen LogP contribution in [0.1, 0.15) is 63.9 Å². The number of rotatable bonds is 2. The molecular formula is C42H46N2O13. The first kappa shape index (κ1) is 40.9. The fourth-order valence-corrected chi connectivity index (χ4v) is 7.35. The Morgan fingerprint density at radius 1 is 1.02 bits per heavy atom. The zero-order chi connectivity index (χ0) is 41.7. The molecule has 0 unspecified atom stereocenters. The molecule has 4 aliphatic rings. The number of nitrogens with one attached hydrogen (secondary N) is 1. The number of aromatic nitrogens is 1. The molecule has 302 valence electrons. The van der Waals surface area contributed by atoms with Gasteiger partial charge < -0.3 is 49.1 Å². The minimum Gasteiger partial charge on any atom is -0.508 e. The fraction of sp³-hybridized carbons (Fsp3) is 0.405. The summed E-state index contributed by atoms with van der Waals surface area (Å²) in [7, 11) is 1.43. The van der Waals surface area contributed by atoms with E-state index in [1.807, 2.05) is 0 Å². The van der Waals surface area contributed by atoms with E-state index in [4.69, 9.17) is 28.3 Å². The van der Waals surface area contributed by atoms with Crippen LogP contribution in [-0.4, -0.2) is 80.4 Å². The molecule has 0 aromatic heterocycles. The first-order chi connectivity index (χ1) is 26.9. The van der Waals surface area contributed by atoms with Crippen molar-refractivity contribution in [3.05, 3.63) is 75.7 Å². The molecule has 2 aromatic carbocycles. The van der Waals surface area contributed by atoms with Crippen LogP contribution < -0.4 is 15.5 Å². The third-order valence-electron chi connectivity index (χ3n) is 10.9. The van der Waals surface area contributed by atoms with Crippen LogP contribution in [0.4, 0.5) is 5.69 Å². The van der Waals surface area contributed by atoms with E-state index < -0.39 is 76.8 Å². The molecule has 1 amide bonds. The second kappa shape index (κ2) is 15.6. The number of aromatic hydroxyl groups is 2. The van der Waals surface area contributed by atoms with Crippen molar-refractivity contribution >= 4 is 45.2 Å². The zero-order valence-corrected chi connectivity index (χ0v) is 32.8. The number of nitrogens with zero attached hydrogens (tertiary/aromatic N) is 1. The number of ether oxygens (including phenoxy) is 4. The molecule has 1 aliphatic carbocycles. The van der Waals surface area contributed by atoms with Crippen LogP contribution in [0.3, 0.4) is 0 Å². The zero-order valence-electron chi connectivity index (χ0n) is 32.8. The summed E-state index contributed by atoms with van der Waals surface area (Å²) in [5, 5.41) is 46.3. The number of fused-ring (bicyclic) bond motifs is 2. The van der Waals surface area contributed by atoms with E-state index in [-0.39, 0.29) is 73.6 Å². The van der Waals surface area contributed by atoms with Gasteiger partial charge in [0.2, 0.25) is 5.43 Å². The summed E-state index contributed by atoms with van der Waals surface area (Å²) in [5.74, 6) is -6.84. The maximum absolute atomic E-state index is 14.5. The van der Waals surface area contributed by atoms with Gasteiger partial charge in [0.25, 0.3) is 11.7 Å². The van der Waals surface area contributed by atoms with Crippen LogP contribution in [0.2, 0.25) is 0 Å². The van der Waals surface area contributed by atoms with E-state index in [0.717, 1.165) is 0 Å². The number of phenols is 2. The van der Waals surface area contributed by atoms with Crippen LogP contribution in [0.5, 0.6) is 17.2 Å². The lowest BCUT2D eigenvalue weighted by molar-refractivity contribution is -0.158. The van der Waals surface area contributed by atoms with Crippen LogP contribution in [0.15, 0.2) is 63.6 Å². The number of anilines is 1. The number of carbonyl (C=O) groups excluding carboxylic acids is 3. The second-order valence-corrected chi connectivity index (χ2v) is 14.9. The number of aliphatic hydroxyl groups is 2. The van der Waals surface area contributed by atoms with Gasteiger partial charge in [0.1, 0.15) is 40.3 Å². The number of phenolic OH excluding ortho intramolecular Hbond substituents is 2. The van der Waals surface area contributed by atoms with Crippen molar-refractivity contribution in [3.8, 4) is 28.7 Å². The van der Waals surface area contributed by atoms with Crippen molar-refractivity contribution in [2.45, 2.75) is 85.1 Å². The van der Waals surface area contributed by atoms with Gasteiger partial charge in [-0.25, -0.2) is 4.98 Å². The van der Waals surface area contributed by atoms with Gasteiger partial charge in [-0.2, -0.15) is 0 Å². The number of Topliss-reactive ketones (excluding diaryl/α,β-unsaturated/α-hetero) is 1. The van der Waals surface area contributed by atoms with Gasteiger partial charge in [-0.05, 0) is 32.1 Å². The number of hydrogen-bond acceptors (Lipinski definition) is 14. The number of carbonyl (C=O) groups is 3. The Morgan fingerprint density at radius 3 is 2.42 bits per heavy atom. The number of methoxy groups -OCH3 is 1. The smallest absolute Gasteiger partial charge is 0.312 e. The number of aliphatic hydroxyl groups excluding tert-OH is 2. The van der Waals surface area contributed by atoms with Crippen LogP contribution in [-0.2, 0) is 23.8 Å². The van der Waals surface area contributed by atoms with E-state index in [2.05, 4.69) is 5.32 Å². The van der Waals surface area contributed by atoms with Crippen molar-refractivity contribution in [2.24, 2.45) is 17.8 Å². The standard InChI is InChI=1S/C42H46N2O13/c1-18-10-9-11-19(2)41(52)44-34-36(50)31-30(33-39(34)56-29-16-24(46)12-13-25(29)43-33)32-38(22(5)35(31)49)57-42(7,40(32)51)54-15-14-28(53-8)21(4)37(55-23(6)45)20(3)27(48)17-26(18)47/h9-16,18,20-21,26-28,37,46-49H,17H2,1-8H3,(H,44,52)/b10-9+,15-14+,19-11-/t18-,20+,21+,26+,27+,28-,37-,42-/m0/s1. The topological polar surface area (TPSA) is 224 Å². The Balaban J connectivity index is 1.58. The van der Waals surface area contributed by atoms with E-state index in [9.17, 15) is 39.6 Å². The van der Waals surface area contributed by atoms with Gasteiger partial charge in [-0.3, -0.25) is 19.2 Å². The number of allylic oxidation sites excluding steroid dienone is 2. The highest BCUT2D eigenvalue weighted by Gasteiger charge is 2.50. The Morgan fingerprint density at radius 2 is 1.74 bits per heavy atom. The predicted molar refractivity (Wildman–Crippen MR) is 208 cm³/mol. The summed E-state index contributed by atoms with van der Waals surface area (Å²) in [6.45, 7) is 10.7. The quantitative estimate of drug-likeness (QED) is 0.0974. The van der Waals surface area contributed by atoms with Gasteiger partial charge in [0, 0.05) is 67.7 Å². The maximum Gasteiger partial charge on any atom is 0.312 e. The Kier molecular flexibility index (Phi) is 11.2. The molecule has 0 spiro atoms. The molecule has 4 bridgehead atoms. The number of benzene rings is 3. The highest BCUT2D eigenvalue weighted by atomic mass is 16.7. The molecule has 5 N–H and O–H groups in total. The number of hydrogen-bond donors (Lipinski definition) is 5. The van der Waals surface area contributed by atoms with E-state index >= 15 is 0 Å². The number of esters is 1. The molecule has 57 heavy (non-hydrogen) atoms. The first-order valence-corrected chi connectivity index (χ1v) is 18.5. The molecule has 0 fully saturated rings. The molecule has 0 saturated carbocycles. The monoisotopic (exact) mass is 786 g/mol. The summed E-state index contributed by atoms with van der Waals surface area (Å²) >= 11 is 0. The molecule has 0 radical (unpaired) electrons. The minimum atomic E-state index is -2.04. The van der Waals surface area contributed by atoms with E-state index in [1.165, 1.54) is 71.4 Å². The second-order valence-electron chi connectivity index (χ2n) is 14.9. The predicted octanol–water partition coefficient (Wildman–Crippen LogP) is 5.41. The van der Waals surface area contributed by atoms with Crippen molar-refractivity contribution in [2.75, 3.05) is 12.4 Å². The number of ketones is 1. The maximum atomic E-state index is 14.5. The molecule has 8 atom stereocenters. The SMILES string of the molecule is CO[C@H]1/C=C/O[C@@]2(C)Oc3c(C)c(O)c4c(=O)c(c5oc6cc(O)ccc6nc-5c4c3C2=O)NC(=O)/C(C)=C\C=C\[C@H](C)[C@H](O)C[C@@H](O)[C@@H](C)[C@H](OC(C)=O)[C@@H]1C. The van der Waals surface area contributed by atoms with E-state index in [1.54, 1.807) is 32.9 Å². The van der Waals surface area contributed by atoms with Gasteiger partial charge in [0.15, 0.2) is 11.3 Å². The average Bonchev–Trinajstić information content (AvgIpc) is 3.43. The lowest BCUT2D eigenvalue weighted by Crippen LogP contribution is -2.43. The van der Waals surface area contributed by atoms with Crippen LogP contribution in [0.25, 0.3) is 33.3 Å². The van der Waals surface area contributed by atoms with Crippen molar-refractivity contribution in [1.82, 2.24) is 4.98 Å². The number of amides is 1. The van der Waals surface area contributed by atoms with Crippen LogP contribution in [0, 0.1) is 24.7 Å². The first-order valence-electron chi connectivity index (χ1n) is 18.5. The largest absolute Gasteiger partial charge is 0.508 e. The normalized spacial score (nSPS) is 29.4. The van der Waals surface area contributed by atoms with E-state index in [0.29, 0.717) is 0 Å². The lowest BCUT2D eigenvalue weighted by Gasteiger charge is -2.35. The highest BCUT2D eigenvalue weighted by Crippen LogP contribution is 2.50. The van der Waals surface area contributed by atoms with Crippen LogP contribution >= 0.6 is 0 Å². The minimum absolute atomic E-state index is 0.0433. The van der Waals surface area contributed by atoms with Crippen molar-refractivity contribution in [3.63, 3.8) is 0 Å². The van der Waals surface area contributed by atoms with Gasteiger partial charge in [-0.15, -0.1) is 0 Å².